The number of anilines is 1. The van der Waals surface area contributed by atoms with E-state index in [0.717, 1.165) is 8.87 Å². The van der Waals surface area contributed by atoms with Gasteiger partial charge in [-0.05, 0) is 49.4 Å². The average Bonchev–Trinajstić information content (AvgIpc) is 2.86. The van der Waals surface area contributed by atoms with Gasteiger partial charge in [-0.25, -0.2) is 27.6 Å². The molecule has 38 heavy (non-hydrogen) atoms. The van der Waals surface area contributed by atoms with E-state index in [1.807, 2.05) is 0 Å². The van der Waals surface area contributed by atoms with E-state index < -0.39 is 33.4 Å². The summed E-state index contributed by atoms with van der Waals surface area (Å²) in [5.41, 5.74) is -0.983. The van der Waals surface area contributed by atoms with Gasteiger partial charge in [-0.1, -0.05) is 29.8 Å². The smallest absolute Gasteiger partial charge is 0.475 e. The molecule has 10 nitrogen and oxygen atoms in total. The zero-order valence-corrected chi connectivity index (χ0v) is 20.9. The Morgan fingerprint density at radius 3 is 2.32 bits per heavy atom. The first-order valence-corrected chi connectivity index (χ1v) is 12.4. The van der Waals surface area contributed by atoms with Crippen molar-refractivity contribution >= 4 is 44.3 Å². The van der Waals surface area contributed by atoms with E-state index in [4.69, 9.17) is 21.5 Å². The Labute approximate surface area is 217 Å². The van der Waals surface area contributed by atoms with Crippen LogP contribution in [-0.4, -0.2) is 46.7 Å². The molecular formula is C23H18ClF3N4O6S. The van der Waals surface area contributed by atoms with Crippen LogP contribution in [0.25, 0.3) is 16.6 Å². The number of carboxylic acids is 1. The number of para-hydroxylation sites is 1. The van der Waals surface area contributed by atoms with Gasteiger partial charge in [-0.2, -0.15) is 13.2 Å². The number of H-pyrrole nitrogens is 1. The van der Waals surface area contributed by atoms with Crippen molar-refractivity contribution in [2.24, 2.45) is 0 Å². The molecule has 0 atom stereocenters. The molecule has 4 rings (SSSR count). The predicted octanol–water partition coefficient (Wildman–Crippen LogP) is 3.58. The van der Waals surface area contributed by atoms with Crippen molar-refractivity contribution in [2.45, 2.75) is 18.0 Å². The summed E-state index contributed by atoms with van der Waals surface area (Å²) in [5, 5.41) is 7.46. The van der Waals surface area contributed by atoms with Gasteiger partial charge < -0.3 is 10.1 Å². The maximum Gasteiger partial charge on any atom is 0.490 e. The number of aliphatic carboxylic acids is 1. The Kier molecular flexibility index (Phi) is 8.27. The summed E-state index contributed by atoms with van der Waals surface area (Å²) in [5.74, 6) is -2.50. The molecule has 0 aliphatic heterocycles. The van der Waals surface area contributed by atoms with Gasteiger partial charge in [0.2, 0.25) is 0 Å². The van der Waals surface area contributed by atoms with Crippen molar-refractivity contribution in [2.75, 3.05) is 10.8 Å². The standard InChI is InChI=1S/C21H17ClN4O4S.C2HF3O2/c1-2-25(19-9-5-6-12-23-19)31(29,30)14-10-11-16(22)18(13-14)26-20(27)15-7-3-4-8-17(15)24-21(26)28;3-2(4,5)1(6)7/h3-13H,2H2,1H3,(H,24,28);(H,6,7). The second kappa shape index (κ2) is 11.1. The Bertz CT molecular complexity index is 1710. The Morgan fingerprint density at radius 1 is 1.11 bits per heavy atom. The highest BCUT2D eigenvalue weighted by Gasteiger charge is 2.38. The summed E-state index contributed by atoms with van der Waals surface area (Å²) in [7, 11) is -4.04. The molecule has 0 fully saturated rings. The van der Waals surface area contributed by atoms with E-state index in [0.29, 0.717) is 5.52 Å². The summed E-state index contributed by atoms with van der Waals surface area (Å²) in [6.07, 6.45) is -3.59. The van der Waals surface area contributed by atoms with Gasteiger partial charge in [0.25, 0.3) is 15.6 Å². The number of sulfonamides is 1. The number of nitrogens with zero attached hydrogens (tertiary/aromatic N) is 3. The third kappa shape index (κ3) is 5.86. The lowest BCUT2D eigenvalue weighted by molar-refractivity contribution is -0.192. The molecule has 2 aromatic heterocycles. The van der Waals surface area contributed by atoms with E-state index in [2.05, 4.69) is 9.97 Å². The molecule has 0 spiro atoms. The predicted molar refractivity (Wildman–Crippen MR) is 133 cm³/mol. The van der Waals surface area contributed by atoms with Gasteiger partial charge in [-0.3, -0.25) is 9.10 Å². The van der Waals surface area contributed by atoms with Crippen LogP contribution < -0.4 is 15.6 Å². The van der Waals surface area contributed by atoms with Gasteiger partial charge in [0.15, 0.2) is 0 Å². The van der Waals surface area contributed by atoms with Crippen LogP contribution in [0.3, 0.4) is 0 Å². The monoisotopic (exact) mass is 570 g/mol. The molecule has 0 saturated heterocycles. The number of rotatable bonds is 5. The van der Waals surface area contributed by atoms with Crippen molar-refractivity contribution in [3.05, 3.63) is 92.7 Å². The van der Waals surface area contributed by atoms with Crippen molar-refractivity contribution in [3.63, 3.8) is 0 Å². The van der Waals surface area contributed by atoms with Crippen LogP contribution in [-0.2, 0) is 14.8 Å². The minimum atomic E-state index is -5.08. The fourth-order valence-corrected chi connectivity index (χ4v) is 4.94. The van der Waals surface area contributed by atoms with Crippen LogP contribution in [0.15, 0.2) is 81.3 Å². The number of alkyl halides is 3. The fraction of sp³-hybridized carbons (Fsp3) is 0.130. The summed E-state index contributed by atoms with van der Waals surface area (Å²) in [6.45, 7) is 1.81. The second-order valence-corrected chi connectivity index (χ2v) is 9.66. The third-order valence-corrected chi connectivity index (χ3v) is 7.18. The van der Waals surface area contributed by atoms with E-state index in [9.17, 15) is 31.2 Å². The number of carboxylic acid groups (broad SMARTS) is 1. The summed E-state index contributed by atoms with van der Waals surface area (Å²) < 4.78 is 60.3. The SMILES string of the molecule is CCN(c1ccccn1)S(=O)(=O)c1ccc(Cl)c(-n2c(=O)[nH]c3ccccc3c2=O)c1.O=C(O)C(F)(F)F. The van der Waals surface area contributed by atoms with Gasteiger partial charge >= 0.3 is 17.8 Å². The number of hydrogen-bond donors (Lipinski definition) is 2. The van der Waals surface area contributed by atoms with Crippen molar-refractivity contribution < 1.29 is 31.5 Å². The first kappa shape index (κ1) is 28.4. The Balaban J connectivity index is 0.000000505. The zero-order valence-electron chi connectivity index (χ0n) is 19.3. The second-order valence-electron chi connectivity index (χ2n) is 7.39. The Morgan fingerprint density at radius 2 is 1.74 bits per heavy atom. The maximum atomic E-state index is 13.3. The van der Waals surface area contributed by atoms with E-state index in [1.54, 1.807) is 49.4 Å². The largest absolute Gasteiger partial charge is 0.490 e. The van der Waals surface area contributed by atoms with Gasteiger partial charge in [-0.15, -0.1) is 0 Å². The quantitative estimate of drug-likeness (QED) is 0.373. The number of aromatic nitrogens is 3. The number of carbonyl (C=O) groups is 1. The summed E-state index contributed by atoms with van der Waals surface area (Å²) in [6, 6.07) is 15.4. The molecule has 2 heterocycles. The van der Waals surface area contributed by atoms with Crippen LogP contribution in [0.2, 0.25) is 5.02 Å². The van der Waals surface area contributed by atoms with Crippen LogP contribution in [0.5, 0.6) is 0 Å². The Hall–Kier alpha value is -4.17. The molecule has 0 bridgehead atoms. The molecular weight excluding hydrogens is 553 g/mol. The average molecular weight is 571 g/mol. The molecule has 0 aliphatic carbocycles. The van der Waals surface area contributed by atoms with Crippen LogP contribution >= 0.6 is 11.6 Å². The van der Waals surface area contributed by atoms with Crippen molar-refractivity contribution in [3.8, 4) is 5.69 Å². The highest BCUT2D eigenvalue weighted by atomic mass is 35.5. The van der Waals surface area contributed by atoms with E-state index >= 15 is 0 Å². The number of nitrogens with one attached hydrogen (secondary N) is 1. The lowest BCUT2D eigenvalue weighted by Gasteiger charge is -2.22. The molecule has 0 radical (unpaired) electrons. The van der Waals surface area contributed by atoms with Crippen LogP contribution in [0.4, 0.5) is 19.0 Å². The summed E-state index contributed by atoms with van der Waals surface area (Å²) in [4.78, 5) is 41.2. The molecule has 2 N–H and O–H groups in total. The number of halogens is 4. The topological polar surface area (TPSA) is 142 Å². The third-order valence-electron chi connectivity index (χ3n) is 4.99. The normalized spacial score (nSPS) is 11.5. The van der Waals surface area contributed by atoms with E-state index in [1.165, 1.54) is 24.4 Å². The van der Waals surface area contributed by atoms with E-state index in [-0.39, 0.29) is 33.4 Å². The molecule has 0 saturated carbocycles. The molecule has 4 aromatic rings. The number of fused-ring (bicyclic) bond motifs is 1. The maximum absolute atomic E-state index is 13.3. The zero-order chi connectivity index (χ0) is 28.3. The summed E-state index contributed by atoms with van der Waals surface area (Å²) >= 11 is 6.27. The van der Waals surface area contributed by atoms with Gasteiger partial charge in [0, 0.05) is 12.7 Å². The van der Waals surface area contributed by atoms with Crippen LogP contribution in [0.1, 0.15) is 6.92 Å². The van der Waals surface area contributed by atoms with Crippen molar-refractivity contribution in [1.29, 1.82) is 0 Å². The molecule has 2 aromatic carbocycles. The number of benzene rings is 2. The number of pyridine rings is 1. The number of aromatic amines is 1. The molecule has 0 aliphatic rings. The molecule has 0 unspecified atom stereocenters. The lowest BCUT2D eigenvalue weighted by Crippen LogP contribution is -2.34. The first-order valence-electron chi connectivity index (χ1n) is 10.6. The highest BCUT2D eigenvalue weighted by molar-refractivity contribution is 7.92. The number of hydrogen-bond acceptors (Lipinski definition) is 6. The van der Waals surface area contributed by atoms with Crippen LogP contribution in [0, 0.1) is 0 Å². The lowest BCUT2D eigenvalue weighted by atomic mass is 10.2. The highest BCUT2D eigenvalue weighted by Crippen LogP contribution is 2.27. The van der Waals surface area contributed by atoms with Crippen molar-refractivity contribution in [1.82, 2.24) is 14.5 Å². The fourth-order valence-electron chi connectivity index (χ4n) is 3.29. The minimum absolute atomic E-state index is 0.0307. The molecule has 0 amide bonds. The first-order chi connectivity index (χ1) is 17.8. The molecule has 15 heteroatoms. The molecule has 200 valence electrons. The van der Waals surface area contributed by atoms with Gasteiger partial charge in [0.1, 0.15) is 5.82 Å². The van der Waals surface area contributed by atoms with Gasteiger partial charge in [0.05, 0.1) is 26.5 Å². The minimum Gasteiger partial charge on any atom is -0.475 e.